The molecule has 1 heterocycles. The van der Waals surface area contributed by atoms with Gasteiger partial charge in [-0.3, -0.25) is 0 Å². The zero-order valence-corrected chi connectivity index (χ0v) is 8.62. The summed E-state index contributed by atoms with van der Waals surface area (Å²) in [4.78, 5) is 0. The minimum atomic E-state index is 0.736. The average Bonchev–Trinajstić information content (AvgIpc) is 2.09. The third-order valence-corrected chi connectivity index (χ3v) is 2.57. The Hall–Kier alpha value is -0.860. The van der Waals surface area contributed by atoms with Crippen molar-refractivity contribution >= 4 is 0 Å². The maximum Gasteiger partial charge on any atom is 0.0717 e. The average molecular weight is 191 g/mol. The highest BCUT2D eigenvalue weighted by molar-refractivity contribution is 5.21. The normalized spacial score (nSPS) is 16.6. The number of hydrogen-bond donors (Lipinski definition) is 1. The highest BCUT2D eigenvalue weighted by Gasteiger charge is 2.16. The first-order chi connectivity index (χ1) is 6.84. The molecular weight excluding hydrogens is 174 g/mol. The van der Waals surface area contributed by atoms with Gasteiger partial charge in [0, 0.05) is 19.0 Å². The van der Waals surface area contributed by atoms with Crippen LogP contribution in [0.4, 0.5) is 0 Å². The van der Waals surface area contributed by atoms with E-state index in [0.29, 0.717) is 0 Å². The number of aryl methyl sites for hydroxylation is 1. The minimum Gasteiger partial charge on any atom is -0.376 e. The Morgan fingerprint density at radius 3 is 2.93 bits per heavy atom. The summed E-state index contributed by atoms with van der Waals surface area (Å²) in [5.74, 6) is 0.736. The summed E-state index contributed by atoms with van der Waals surface area (Å²) in [5.41, 5.74) is 2.58. The van der Waals surface area contributed by atoms with Crippen LogP contribution in [-0.2, 0) is 11.3 Å². The molecule has 76 valence electrons. The van der Waals surface area contributed by atoms with E-state index in [2.05, 4.69) is 36.5 Å². The van der Waals surface area contributed by atoms with Crippen LogP contribution in [0.1, 0.15) is 11.1 Å². The molecule has 0 saturated carbocycles. The van der Waals surface area contributed by atoms with Crippen molar-refractivity contribution in [3.8, 4) is 0 Å². The van der Waals surface area contributed by atoms with E-state index in [0.717, 1.165) is 32.2 Å². The van der Waals surface area contributed by atoms with Crippen LogP contribution < -0.4 is 5.32 Å². The zero-order valence-electron chi connectivity index (χ0n) is 8.62. The number of ether oxygens (including phenoxy) is 1. The van der Waals surface area contributed by atoms with Gasteiger partial charge in [-0.15, -0.1) is 0 Å². The van der Waals surface area contributed by atoms with Crippen LogP contribution in [0.25, 0.3) is 0 Å². The number of hydrogen-bond acceptors (Lipinski definition) is 2. The van der Waals surface area contributed by atoms with E-state index in [-0.39, 0.29) is 0 Å². The van der Waals surface area contributed by atoms with Crippen LogP contribution in [-0.4, -0.2) is 19.7 Å². The zero-order chi connectivity index (χ0) is 9.80. The fourth-order valence-electron chi connectivity index (χ4n) is 1.61. The van der Waals surface area contributed by atoms with Gasteiger partial charge in [0.25, 0.3) is 0 Å². The lowest BCUT2D eigenvalue weighted by Gasteiger charge is -2.26. The molecule has 0 bridgehead atoms. The van der Waals surface area contributed by atoms with Crippen molar-refractivity contribution < 1.29 is 4.74 Å². The van der Waals surface area contributed by atoms with Crippen molar-refractivity contribution in [1.29, 1.82) is 0 Å². The standard InChI is InChI=1S/C12H17NO/c1-10-3-2-4-11(5-10)8-14-9-12-6-13-7-12/h2-5,12-13H,6-9H2,1H3. The van der Waals surface area contributed by atoms with Crippen molar-refractivity contribution in [3.63, 3.8) is 0 Å². The second kappa shape index (κ2) is 4.58. The van der Waals surface area contributed by atoms with Gasteiger partial charge >= 0.3 is 0 Å². The molecule has 1 aliphatic rings. The lowest BCUT2D eigenvalue weighted by molar-refractivity contribution is 0.0689. The molecule has 2 heteroatoms. The summed E-state index contributed by atoms with van der Waals surface area (Å²) in [5, 5.41) is 3.24. The summed E-state index contributed by atoms with van der Waals surface area (Å²) in [7, 11) is 0. The molecule has 0 atom stereocenters. The topological polar surface area (TPSA) is 21.3 Å². The third-order valence-electron chi connectivity index (χ3n) is 2.57. The Morgan fingerprint density at radius 1 is 1.43 bits per heavy atom. The van der Waals surface area contributed by atoms with Gasteiger partial charge in [-0.1, -0.05) is 29.8 Å². The molecule has 0 aliphatic carbocycles. The Balaban J connectivity index is 1.74. The van der Waals surface area contributed by atoms with Crippen LogP contribution in [0.2, 0.25) is 0 Å². The van der Waals surface area contributed by atoms with E-state index in [4.69, 9.17) is 4.74 Å². The number of rotatable bonds is 4. The predicted molar refractivity (Wildman–Crippen MR) is 57.2 cm³/mol. The van der Waals surface area contributed by atoms with Crippen LogP contribution in [0, 0.1) is 12.8 Å². The molecular formula is C12H17NO. The van der Waals surface area contributed by atoms with E-state index in [1.165, 1.54) is 11.1 Å². The maximum atomic E-state index is 5.64. The Morgan fingerprint density at radius 2 is 2.29 bits per heavy atom. The van der Waals surface area contributed by atoms with E-state index < -0.39 is 0 Å². The van der Waals surface area contributed by atoms with Gasteiger partial charge < -0.3 is 10.1 Å². The van der Waals surface area contributed by atoms with Crippen molar-refractivity contribution in [2.75, 3.05) is 19.7 Å². The Bertz CT molecular complexity index is 294. The summed E-state index contributed by atoms with van der Waals surface area (Å²) >= 11 is 0. The number of benzene rings is 1. The maximum absolute atomic E-state index is 5.64. The van der Waals surface area contributed by atoms with E-state index in [1.807, 2.05) is 0 Å². The molecule has 1 fully saturated rings. The largest absolute Gasteiger partial charge is 0.376 e. The summed E-state index contributed by atoms with van der Waals surface area (Å²) in [6.45, 7) is 5.99. The molecule has 2 rings (SSSR count). The molecule has 2 nitrogen and oxygen atoms in total. The van der Waals surface area contributed by atoms with Crippen molar-refractivity contribution in [1.82, 2.24) is 5.32 Å². The van der Waals surface area contributed by atoms with Crippen molar-refractivity contribution in [2.24, 2.45) is 5.92 Å². The molecule has 0 radical (unpaired) electrons. The van der Waals surface area contributed by atoms with E-state index in [9.17, 15) is 0 Å². The molecule has 1 N–H and O–H groups in total. The van der Waals surface area contributed by atoms with E-state index >= 15 is 0 Å². The second-order valence-electron chi connectivity index (χ2n) is 4.03. The fraction of sp³-hybridized carbons (Fsp3) is 0.500. The first-order valence-corrected chi connectivity index (χ1v) is 5.18. The van der Waals surface area contributed by atoms with Gasteiger partial charge in [-0.2, -0.15) is 0 Å². The van der Waals surface area contributed by atoms with Gasteiger partial charge in [0.2, 0.25) is 0 Å². The van der Waals surface area contributed by atoms with Crippen LogP contribution >= 0.6 is 0 Å². The molecule has 1 aromatic carbocycles. The molecule has 1 saturated heterocycles. The summed E-state index contributed by atoms with van der Waals surface area (Å²) in [6, 6.07) is 8.49. The smallest absolute Gasteiger partial charge is 0.0717 e. The second-order valence-corrected chi connectivity index (χ2v) is 4.03. The van der Waals surface area contributed by atoms with Crippen molar-refractivity contribution in [3.05, 3.63) is 35.4 Å². The highest BCUT2D eigenvalue weighted by atomic mass is 16.5. The Kier molecular flexibility index (Phi) is 3.17. The van der Waals surface area contributed by atoms with Crippen molar-refractivity contribution in [2.45, 2.75) is 13.5 Å². The molecule has 1 aliphatic heterocycles. The number of nitrogens with one attached hydrogen (secondary N) is 1. The third kappa shape index (κ3) is 2.56. The van der Waals surface area contributed by atoms with Crippen LogP contribution in [0.3, 0.4) is 0 Å². The van der Waals surface area contributed by atoms with Gasteiger partial charge in [-0.25, -0.2) is 0 Å². The molecule has 0 unspecified atom stereocenters. The molecule has 1 aromatic rings. The lowest BCUT2D eigenvalue weighted by atomic mass is 10.1. The van der Waals surface area contributed by atoms with Gasteiger partial charge in [0.15, 0.2) is 0 Å². The molecule has 14 heavy (non-hydrogen) atoms. The molecule has 0 aromatic heterocycles. The SMILES string of the molecule is Cc1cccc(COCC2CNC2)c1. The summed E-state index contributed by atoms with van der Waals surface area (Å²) in [6.07, 6.45) is 0. The molecule has 0 amide bonds. The fourth-order valence-corrected chi connectivity index (χ4v) is 1.61. The van der Waals surface area contributed by atoms with Crippen LogP contribution in [0.5, 0.6) is 0 Å². The summed E-state index contributed by atoms with van der Waals surface area (Å²) < 4.78 is 5.64. The quantitative estimate of drug-likeness (QED) is 0.782. The van der Waals surface area contributed by atoms with Gasteiger partial charge in [0.1, 0.15) is 0 Å². The first kappa shape index (κ1) is 9.69. The molecule has 0 spiro atoms. The predicted octanol–water partition coefficient (Wildman–Crippen LogP) is 1.73. The minimum absolute atomic E-state index is 0.736. The highest BCUT2D eigenvalue weighted by Crippen LogP contribution is 2.08. The lowest BCUT2D eigenvalue weighted by Crippen LogP contribution is -2.44. The monoisotopic (exact) mass is 191 g/mol. The Labute approximate surface area is 85.3 Å². The van der Waals surface area contributed by atoms with Gasteiger partial charge in [-0.05, 0) is 12.5 Å². The first-order valence-electron chi connectivity index (χ1n) is 5.18. The van der Waals surface area contributed by atoms with Crippen LogP contribution in [0.15, 0.2) is 24.3 Å². The van der Waals surface area contributed by atoms with E-state index in [1.54, 1.807) is 0 Å². The van der Waals surface area contributed by atoms with Gasteiger partial charge in [0.05, 0.1) is 13.2 Å².